The van der Waals surface area contributed by atoms with Crippen LogP contribution < -0.4 is 10.6 Å². The lowest BCUT2D eigenvalue weighted by Gasteiger charge is -2.27. The zero-order valence-electron chi connectivity index (χ0n) is 13.3. The molecule has 0 aromatic heterocycles. The zero-order valence-corrected chi connectivity index (χ0v) is 14.9. The van der Waals surface area contributed by atoms with Crippen molar-refractivity contribution in [1.29, 1.82) is 0 Å². The van der Waals surface area contributed by atoms with Gasteiger partial charge < -0.3 is 20.1 Å². The number of nitrogens with zero attached hydrogens (tertiary/aromatic N) is 1. The Morgan fingerprint density at radius 3 is 2.33 bits per heavy atom. The third-order valence-electron chi connectivity index (χ3n) is 3.53. The number of nitrogens with two attached hydrogens (primary N) is 1. The van der Waals surface area contributed by atoms with Crippen molar-refractivity contribution in [3.8, 4) is 0 Å². The average molecular weight is 359 g/mol. The fourth-order valence-electron chi connectivity index (χ4n) is 2.19. The highest BCUT2D eigenvalue weighted by Crippen LogP contribution is 2.26. The van der Waals surface area contributed by atoms with Crippen LogP contribution in [0, 0.1) is 0 Å². The maximum absolute atomic E-state index is 6.13. The minimum absolute atomic E-state index is 0.191. The van der Waals surface area contributed by atoms with E-state index >= 15 is 0 Å². The quantitative estimate of drug-likeness (QED) is 0.698. The van der Waals surface area contributed by atoms with Crippen LogP contribution >= 0.6 is 15.9 Å². The second-order valence-electron chi connectivity index (χ2n) is 5.12. The summed E-state index contributed by atoms with van der Waals surface area (Å²) < 4.78 is 11.5. The minimum Gasteiger partial charge on any atom is -0.383 e. The molecule has 0 radical (unpaired) electrons. The molecule has 0 heterocycles. The van der Waals surface area contributed by atoms with E-state index in [4.69, 9.17) is 15.2 Å². The Hall–Kier alpha value is -0.620. The molecule has 2 N–H and O–H groups in total. The van der Waals surface area contributed by atoms with Crippen LogP contribution in [-0.2, 0) is 15.9 Å². The van der Waals surface area contributed by atoms with Gasteiger partial charge in [0.15, 0.2) is 0 Å². The van der Waals surface area contributed by atoms with Crippen LogP contribution in [0.2, 0.25) is 0 Å². The van der Waals surface area contributed by atoms with Crippen molar-refractivity contribution in [2.75, 3.05) is 45.4 Å². The van der Waals surface area contributed by atoms with Crippen LogP contribution in [-0.4, -0.2) is 46.6 Å². The van der Waals surface area contributed by atoms with Gasteiger partial charge in [0.1, 0.15) is 0 Å². The summed E-state index contributed by atoms with van der Waals surface area (Å²) in [5.74, 6) is 0. The summed E-state index contributed by atoms with van der Waals surface area (Å²) in [6.45, 7) is 5.18. The third kappa shape index (κ3) is 6.34. The highest BCUT2D eigenvalue weighted by molar-refractivity contribution is 9.10. The van der Waals surface area contributed by atoms with E-state index in [1.54, 1.807) is 14.2 Å². The van der Waals surface area contributed by atoms with E-state index in [9.17, 15) is 0 Å². The van der Waals surface area contributed by atoms with Crippen LogP contribution in [0.15, 0.2) is 22.7 Å². The maximum Gasteiger partial charge on any atom is 0.0637 e. The van der Waals surface area contributed by atoms with Crippen molar-refractivity contribution in [3.05, 3.63) is 28.2 Å². The van der Waals surface area contributed by atoms with Crippen LogP contribution in [0.4, 0.5) is 5.69 Å². The molecular weight excluding hydrogens is 332 g/mol. The van der Waals surface area contributed by atoms with Gasteiger partial charge in [-0.2, -0.15) is 0 Å². The van der Waals surface area contributed by atoms with Gasteiger partial charge in [0, 0.05) is 43.5 Å². The Labute approximate surface area is 136 Å². The predicted octanol–water partition coefficient (Wildman–Crippen LogP) is 2.83. The summed E-state index contributed by atoms with van der Waals surface area (Å²) >= 11 is 3.56. The summed E-state index contributed by atoms with van der Waals surface area (Å²) in [7, 11) is 3.45. The Morgan fingerprint density at radius 2 is 1.81 bits per heavy atom. The third-order valence-corrected chi connectivity index (χ3v) is 4.02. The second-order valence-corrected chi connectivity index (χ2v) is 6.03. The molecule has 0 saturated heterocycles. The van der Waals surface area contributed by atoms with E-state index in [0.717, 1.165) is 30.4 Å². The Balaban J connectivity index is 2.98. The molecule has 4 nitrogen and oxygen atoms in total. The van der Waals surface area contributed by atoms with Crippen molar-refractivity contribution < 1.29 is 9.47 Å². The van der Waals surface area contributed by atoms with Gasteiger partial charge in [0.05, 0.1) is 13.2 Å². The molecule has 0 bridgehead atoms. The van der Waals surface area contributed by atoms with E-state index in [1.165, 1.54) is 11.3 Å². The first-order chi connectivity index (χ1) is 10.1. The lowest BCUT2D eigenvalue weighted by Crippen LogP contribution is -2.32. The molecule has 0 aliphatic heterocycles. The minimum atomic E-state index is 0.191. The van der Waals surface area contributed by atoms with Gasteiger partial charge in [-0.3, -0.25) is 0 Å². The van der Waals surface area contributed by atoms with Gasteiger partial charge >= 0.3 is 0 Å². The molecule has 0 aliphatic carbocycles. The lowest BCUT2D eigenvalue weighted by molar-refractivity contribution is 0.190. The van der Waals surface area contributed by atoms with E-state index in [0.29, 0.717) is 13.2 Å². The molecule has 0 saturated carbocycles. The molecule has 1 atom stereocenters. The van der Waals surface area contributed by atoms with Crippen molar-refractivity contribution in [3.63, 3.8) is 0 Å². The highest BCUT2D eigenvalue weighted by atomic mass is 79.9. The summed E-state index contributed by atoms with van der Waals surface area (Å²) in [5.41, 5.74) is 8.62. The Kier molecular flexibility index (Phi) is 8.92. The van der Waals surface area contributed by atoms with Crippen LogP contribution in [0.1, 0.15) is 18.9 Å². The number of hydrogen-bond donors (Lipinski definition) is 1. The van der Waals surface area contributed by atoms with E-state index < -0.39 is 0 Å². The van der Waals surface area contributed by atoms with Crippen LogP contribution in [0.25, 0.3) is 0 Å². The molecule has 0 fully saturated rings. The van der Waals surface area contributed by atoms with E-state index in [2.05, 4.69) is 46.0 Å². The summed E-state index contributed by atoms with van der Waals surface area (Å²) in [4.78, 5) is 2.30. The number of rotatable bonds is 10. The first-order valence-electron chi connectivity index (χ1n) is 7.39. The Bertz CT molecular complexity index is 407. The summed E-state index contributed by atoms with van der Waals surface area (Å²) in [6.07, 6.45) is 1.86. The van der Waals surface area contributed by atoms with Gasteiger partial charge in [-0.25, -0.2) is 0 Å². The summed E-state index contributed by atoms with van der Waals surface area (Å²) in [6, 6.07) is 6.58. The molecular formula is C16H27BrN2O2. The normalized spacial score (nSPS) is 12.4. The topological polar surface area (TPSA) is 47.7 Å². The Morgan fingerprint density at radius 1 is 1.19 bits per heavy atom. The lowest BCUT2D eigenvalue weighted by atomic mass is 10.0. The predicted molar refractivity (Wildman–Crippen MR) is 92.1 cm³/mol. The number of hydrogen-bond acceptors (Lipinski definition) is 4. The van der Waals surface area contributed by atoms with Crippen LogP contribution in [0.3, 0.4) is 0 Å². The molecule has 0 aliphatic rings. The van der Waals surface area contributed by atoms with Crippen molar-refractivity contribution in [1.82, 2.24) is 0 Å². The zero-order chi connectivity index (χ0) is 15.7. The van der Waals surface area contributed by atoms with Crippen molar-refractivity contribution in [2.24, 2.45) is 5.73 Å². The van der Waals surface area contributed by atoms with Gasteiger partial charge in [-0.15, -0.1) is 0 Å². The van der Waals surface area contributed by atoms with Gasteiger partial charge in [-0.1, -0.05) is 28.9 Å². The smallest absolute Gasteiger partial charge is 0.0637 e. The van der Waals surface area contributed by atoms with Gasteiger partial charge in [-0.05, 0) is 30.5 Å². The first kappa shape index (κ1) is 18.4. The number of methoxy groups -OCH3 is 2. The molecule has 0 amide bonds. The molecule has 1 aromatic rings. The van der Waals surface area contributed by atoms with E-state index in [-0.39, 0.29) is 6.04 Å². The number of ether oxygens (including phenoxy) is 2. The largest absolute Gasteiger partial charge is 0.383 e. The average Bonchev–Trinajstić information content (AvgIpc) is 2.49. The molecule has 0 spiro atoms. The van der Waals surface area contributed by atoms with Gasteiger partial charge in [0.25, 0.3) is 0 Å². The fourth-order valence-corrected chi connectivity index (χ4v) is 2.54. The maximum atomic E-state index is 6.13. The number of anilines is 1. The first-order valence-corrected chi connectivity index (χ1v) is 8.18. The second kappa shape index (κ2) is 10.2. The molecule has 21 heavy (non-hydrogen) atoms. The highest BCUT2D eigenvalue weighted by Gasteiger charge is 2.14. The molecule has 5 heteroatoms. The SMILES string of the molecule is CCC(N)Cc1ccc(Br)cc1N(CCOC)CCOC. The summed E-state index contributed by atoms with van der Waals surface area (Å²) in [5, 5.41) is 0. The van der Waals surface area contributed by atoms with Crippen molar-refractivity contribution >= 4 is 21.6 Å². The van der Waals surface area contributed by atoms with E-state index in [1.807, 2.05) is 0 Å². The van der Waals surface area contributed by atoms with Gasteiger partial charge in [0.2, 0.25) is 0 Å². The molecule has 1 rings (SSSR count). The standard InChI is InChI=1S/C16H27BrN2O2/c1-4-15(18)11-13-5-6-14(17)12-16(13)19(7-9-20-2)8-10-21-3/h5-6,12,15H,4,7-11,18H2,1-3H3. The van der Waals surface area contributed by atoms with Crippen molar-refractivity contribution in [2.45, 2.75) is 25.8 Å². The van der Waals surface area contributed by atoms with Crippen LogP contribution in [0.5, 0.6) is 0 Å². The monoisotopic (exact) mass is 358 g/mol. The number of benzene rings is 1. The molecule has 1 aromatic carbocycles. The molecule has 1 unspecified atom stereocenters. The molecule has 120 valence electrons. The fraction of sp³-hybridized carbons (Fsp3) is 0.625. The number of halogens is 1.